The molecule has 4 nitrogen and oxygen atoms in total. The summed E-state index contributed by atoms with van der Waals surface area (Å²) >= 11 is 0. The van der Waals surface area contributed by atoms with Crippen molar-refractivity contribution >= 4 is 18.3 Å². The van der Waals surface area contributed by atoms with Crippen molar-refractivity contribution in [1.82, 2.24) is 15.1 Å². The molecule has 0 aliphatic carbocycles. The van der Waals surface area contributed by atoms with E-state index in [1.54, 1.807) is 0 Å². The van der Waals surface area contributed by atoms with E-state index in [1.165, 1.54) is 5.56 Å². The van der Waals surface area contributed by atoms with E-state index in [-0.39, 0.29) is 18.3 Å². The van der Waals surface area contributed by atoms with Crippen LogP contribution in [0.3, 0.4) is 0 Å². The first-order valence-corrected chi connectivity index (χ1v) is 8.93. The minimum Gasteiger partial charge on any atom is -0.337 e. The Morgan fingerprint density at radius 3 is 2.62 bits per heavy atom. The van der Waals surface area contributed by atoms with E-state index in [4.69, 9.17) is 0 Å². The molecular weight excluding hydrogens is 322 g/mol. The van der Waals surface area contributed by atoms with Crippen LogP contribution in [0.4, 0.5) is 0 Å². The lowest BCUT2D eigenvalue weighted by Crippen LogP contribution is -2.56. The molecule has 1 amide bonds. The molecule has 0 saturated carbocycles. The number of piperazine rings is 1. The van der Waals surface area contributed by atoms with Gasteiger partial charge in [-0.25, -0.2) is 0 Å². The van der Waals surface area contributed by atoms with Crippen molar-refractivity contribution in [3.05, 3.63) is 35.9 Å². The van der Waals surface area contributed by atoms with Crippen molar-refractivity contribution in [2.75, 3.05) is 26.2 Å². The van der Waals surface area contributed by atoms with Crippen molar-refractivity contribution in [3.8, 4) is 0 Å². The fourth-order valence-electron chi connectivity index (χ4n) is 3.94. The molecule has 1 aromatic rings. The number of amides is 1. The second kappa shape index (κ2) is 8.84. The zero-order chi connectivity index (χ0) is 16.2. The summed E-state index contributed by atoms with van der Waals surface area (Å²) in [5, 5.41) is 3.44. The Bertz CT molecular complexity index is 525. The number of carbonyl (C=O) groups excluding carboxylic acids is 1. The molecule has 3 atom stereocenters. The highest BCUT2D eigenvalue weighted by Gasteiger charge is 2.33. The van der Waals surface area contributed by atoms with Gasteiger partial charge in [-0.2, -0.15) is 0 Å². The van der Waals surface area contributed by atoms with Gasteiger partial charge < -0.3 is 10.2 Å². The molecule has 1 N–H and O–H groups in total. The Balaban J connectivity index is 0.00000208. The molecule has 2 heterocycles. The van der Waals surface area contributed by atoms with Gasteiger partial charge in [0.15, 0.2) is 0 Å². The van der Waals surface area contributed by atoms with Crippen LogP contribution in [-0.2, 0) is 11.3 Å². The summed E-state index contributed by atoms with van der Waals surface area (Å²) in [5.74, 6) is 0.597. The van der Waals surface area contributed by atoms with Gasteiger partial charge in [0.1, 0.15) is 0 Å². The molecule has 0 unspecified atom stereocenters. The fraction of sp³-hybridized carbons (Fsp3) is 0.632. The Hall–Kier alpha value is -1.10. The molecule has 0 bridgehead atoms. The van der Waals surface area contributed by atoms with E-state index >= 15 is 0 Å². The first kappa shape index (κ1) is 19.2. The van der Waals surface area contributed by atoms with Crippen molar-refractivity contribution in [3.63, 3.8) is 0 Å². The van der Waals surface area contributed by atoms with Crippen LogP contribution in [-0.4, -0.2) is 54.0 Å². The molecule has 2 aliphatic heterocycles. The standard InChI is InChI=1S/C19H29N3O.ClH/c1-15-12-18(8-9-20-15)19(23)22-11-10-21(13-16(22)2)14-17-6-4-3-5-7-17;/h3-7,15-16,18,20H,8-14H2,1-2H3;1H/t15-,16+,18-;/m0./s1. The quantitative estimate of drug-likeness (QED) is 0.909. The van der Waals surface area contributed by atoms with Crippen molar-refractivity contribution < 1.29 is 4.79 Å². The van der Waals surface area contributed by atoms with Crippen molar-refractivity contribution in [1.29, 1.82) is 0 Å². The van der Waals surface area contributed by atoms with E-state index in [0.717, 1.165) is 45.6 Å². The first-order valence-electron chi connectivity index (χ1n) is 8.93. The van der Waals surface area contributed by atoms with Crippen LogP contribution >= 0.6 is 12.4 Å². The number of nitrogens with zero attached hydrogens (tertiary/aromatic N) is 2. The minimum atomic E-state index is 0. The third kappa shape index (κ3) is 4.71. The van der Waals surface area contributed by atoms with Gasteiger partial charge in [-0.05, 0) is 38.8 Å². The number of piperidine rings is 1. The highest BCUT2D eigenvalue weighted by atomic mass is 35.5. The lowest BCUT2D eigenvalue weighted by molar-refractivity contribution is -0.141. The molecule has 2 saturated heterocycles. The first-order chi connectivity index (χ1) is 11.1. The Morgan fingerprint density at radius 2 is 1.96 bits per heavy atom. The van der Waals surface area contributed by atoms with Gasteiger partial charge in [0, 0.05) is 44.2 Å². The molecule has 0 radical (unpaired) electrons. The van der Waals surface area contributed by atoms with E-state index in [2.05, 4.69) is 59.3 Å². The molecule has 3 rings (SSSR count). The summed E-state index contributed by atoms with van der Waals surface area (Å²) in [4.78, 5) is 17.4. The number of hydrogen-bond donors (Lipinski definition) is 1. The Kier molecular flexibility index (Phi) is 7.08. The maximum atomic E-state index is 12.9. The van der Waals surface area contributed by atoms with Gasteiger partial charge in [-0.15, -0.1) is 12.4 Å². The summed E-state index contributed by atoms with van der Waals surface area (Å²) in [7, 11) is 0. The zero-order valence-electron chi connectivity index (χ0n) is 14.8. The number of rotatable bonds is 3. The number of benzene rings is 1. The molecule has 2 fully saturated rings. The van der Waals surface area contributed by atoms with Crippen LogP contribution in [0.1, 0.15) is 32.3 Å². The van der Waals surface area contributed by atoms with Gasteiger partial charge in [0.25, 0.3) is 0 Å². The third-order valence-electron chi connectivity index (χ3n) is 5.22. The van der Waals surface area contributed by atoms with E-state index in [1.807, 2.05) is 0 Å². The summed E-state index contributed by atoms with van der Waals surface area (Å²) in [6.45, 7) is 9.15. The lowest BCUT2D eigenvalue weighted by atomic mass is 9.91. The highest BCUT2D eigenvalue weighted by molar-refractivity contribution is 5.85. The summed E-state index contributed by atoms with van der Waals surface area (Å²) in [5.41, 5.74) is 1.35. The predicted molar refractivity (Wildman–Crippen MR) is 100 cm³/mol. The van der Waals surface area contributed by atoms with E-state index < -0.39 is 0 Å². The van der Waals surface area contributed by atoms with Gasteiger partial charge in [-0.1, -0.05) is 30.3 Å². The van der Waals surface area contributed by atoms with Crippen LogP contribution in [0.5, 0.6) is 0 Å². The Morgan fingerprint density at radius 1 is 1.21 bits per heavy atom. The summed E-state index contributed by atoms with van der Waals surface area (Å²) < 4.78 is 0. The zero-order valence-corrected chi connectivity index (χ0v) is 15.6. The lowest BCUT2D eigenvalue weighted by Gasteiger charge is -2.42. The minimum absolute atomic E-state index is 0. The second-order valence-electron chi connectivity index (χ2n) is 7.18. The average molecular weight is 352 g/mol. The molecule has 134 valence electrons. The van der Waals surface area contributed by atoms with Gasteiger partial charge in [0.05, 0.1) is 0 Å². The molecule has 1 aromatic carbocycles. The van der Waals surface area contributed by atoms with E-state index in [9.17, 15) is 4.79 Å². The van der Waals surface area contributed by atoms with Gasteiger partial charge in [-0.3, -0.25) is 9.69 Å². The topological polar surface area (TPSA) is 35.6 Å². The molecule has 2 aliphatic rings. The van der Waals surface area contributed by atoms with Crippen LogP contribution in [0, 0.1) is 5.92 Å². The van der Waals surface area contributed by atoms with Gasteiger partial charge in [0.2, 0.25) is 5.91 Å². The van der Waals surface area contributed by atoms with Crippen molar-refractivity contribution in [2.45, 2.75) is 45.3 Å². The number of nitrogens with one attached hydrogen (secondary N) is 1. The summed E-state index contributed by atoms with van der Waals surface area (Å²) in [6, 6.07) is 11.4. The molecule has 0 spiro atoms. The normalized spacial score (nSPS) is 28.2. The molecule has 24 heavy (non-hydrogen) atoms. The molecule has 0 aromatic heterocycles. The third-order valence-corrected chi connectivity index (χ3v) is 5.22. The van der Waals surface area contributed by atoms with Crippen LogP contribution in [0.2, 0.25) is 0 Å². The maximum absolute atomic E-state index is 12.9. The molecule has 5 heteroatoms. The average Bonchev–Trinajstić information content (AvgIpc) is 2.55. The molecular formula is C19H30ClN3O. The number of halogens is 1. The summed E-state index contributed by atoms with van der Waals surface area (Å²) in [6.07, 6.45) is 1.97. The highest BCUT2D eigenvalue weighted by Crippen LogP contribution is 2.22. The SMILES string of the molecule is C[C@@H]1CN(Cc2ccccc2)CCN1C(=O)[C@H]1CCN[C@@H](C)C1.Cl. The second-order valence-corrected chi connectivity index (χ2v) is 7.18. The van der Waals surface area contributed by atoms with Crippen molar-refractivity contribution in [2.24, 2.45) is 5.92 Å². The fourth-order valence-corrected chi connectivity index (χ4v) is 3.94. The largest absolute Gasteiger partial charge is 0.337 e. The van der Waals surface area contributed by atoms with Gasteiger partial charge >= 0.3 is 0 Å². The van der Waals surface area contributed by atoms with Crippen LogP contribution in [0.15, 0.2) is 30.3 Å². The predicted octanol–water partition coefficient (Wildman–Crippen LogP) is 2.53. The van der Waals surface area contributed by atoms with Crippen LogP contribution < -0.4 is 5.32 Å². The maximum Gasteiger partial charge on any atom is 0.226 e. The smallest absolute Gasteiger partial charge is 0.226 e. The monoisotopic (exact) mass is 351 g/mol. The van der Waals surface area contributed by atoms with Crippen LogP contribution in [0.25, 0.3) is 0 Å². The number of carbonyl (C=O) groups is 1. The number of hydrogen-bond acceptors (Lipinski definition) is 3. The Labute approximate surface area is 152 Å². The van der Waals surface area contributed by atoms with E-state index in [0.29, 0.717) is 18.0 Å².